The van der Waals surface area contributed by atoms with E-state index in [1.807, 2.05) is 36.4 Å². The molecule has 0 fully saturated rings. The molecule has 0 spiro atoms. The Bertz CT molecular complexity index is 1670. The number of likely N-dealkylation sites (N-methyl/N-ethyl adjacent to an activating group) is 1. The maximum atomic E-state index is 14.3. The van der Waals surface area contributed by atoms with Crippen LogP contribution in [-0.2, 0) is 32.6 Å². The number of carbonyl (C=O) groups excluding carboxylic acids is 2. The number of methoxy groups -OCH3 is 1. The van der Waals surface area contributed by atoms with Gasteiger partial charge in [-0.3, -0.25) is 13.9 Å². The van der Waals surface area contributed by atoms with Crippen molar-refractivity contribution in [1.82, 2.24) is 10.2 Å². The minimum Gasteiger partial charge on any atom is -0.497 e. The molecular weight excluding hydrogens is 609 g/mol. The lowest BCUT2D eigenvalue weighted by atomic mass is 10.0. The number of benzene rings is 4. The van der Waals surface area contributed by atoms with Gasteiger partial charge in [-0.05, 0) is 65.7 Å². The van der Waals surface area contributed by atoms with E-state index >= 15 is 0 Å². The van der Waals surface area contributed by atoms with Crippen LogP contribution in [0.15, 0.2) is 108 Å². The van der Waals surface area contributed by atoms with E-state index in [-0.39, 0.29) is 23.5 Å². The van der Waals surface area contributed by atoms with Gasteiger partial charge in [0.2, 0.25) is 11.8 Å². The number of hydrogen-bond donors (Lipinski definition) is 1. The summed E-state index contributed by atoms with van der Waals surface area (Å²) in [6.45, 7) is -0.580. The van der Waals surface area contributed by atoms with Gasteiger partial charge in [0.1, 0.15) is 18.3 Å². The lowest BCUT2D eigenvalue weighted by Crippen LogP contribution is -2.53. The minimum absolute atomic E-state index is 0.0192. The summed E-state index contributed by atoms with van der Waals surface area (Å²) in [4.78, 5) is 29.0. The van der Waals surface area contributed by atoms with Gasteiger partial charge in [0.05, 0.1) is 17.7 Å². The molecule has 0 saturated heterocycles. The Balaban J connectivity index is 1.79. The Morgan fingerprint density at radius 1 is 0.837 bits per heavy atom. The van der Waals surface area contributed by atoms with Crippen molar-refractivity contribution in [2.24, 2.45) is 0 Å². The Morgan fingerprint density at radius 2 is 1.51 bits per heavy atom. The third-order valence-corrected chi connectivity index (χ3v) is 9.06. The monoisotopic (exact) mass is 639 g/mol. The van der Waals surface area contributed by atoms with Crippen LogP contribution < -0.4 is 14.4 Å². The maximum Gasteiger partial charge on any atom is 0.264 e. The van der Waals surface area contributed by atoms with Crippen LogP contribution in [0.4, 0.5) is 5.69 Å². The van der Waals surface area contributed by atoms with Gasteiger partial charge in [-0.2, -0.15) is 0 Å². The second kappa shape index (κ2) is 14.4. The number of nitrogens with zero attached hydrogens (tertiary/aromatic N) is 2. The van der Waals surface area contributed by atoms with Gasteiger partial charge in [-0.1, -0.05) is 71.7 Å². The molecule has 224 valence electrons. The Kier molecular flexibility index (Phi) is 10.7. The average Bonchev–Trinajstić information content (AvgIpc) is 3.01. The molecule has 11 heteroatoms. The van der Waals surface area contributed by atoms with E-state index < -0.39 is 34.4 Å². The fourth-order valence-electron chi connectivity index (χ4n) is 4.58. The first kappa shape index (κ1) is 31.9. The highest BCUT2D eigenvalue weighted by atomic mass is 35.5. The molecule has 4 rings (SSSR count). The number of rotatable bonds is 12. The fraction of sp³-hybridized carbons (Fsp3) is 0.188. The van der Waals surface area contributed by atoms with Crippen molar-refractivity contribution in [2.45, 2.75) is 23.9 Å². The number of amides is 2. The Morgan fingerprint density at radius 3 is 2.16 bits per heavy atom. The SMILES string of the molecule is CNC(=O)[C@@H](Cc1ccccc1)N(Cc1cccc(OC)c1)C(=O)CN(c1cccc(Cl)c1)S(=O)(=O)c1ccc(Cl)cc1. The smallest absolute Gasteiger partial charge is 0.264 e. The molecule has 4 aromatic rings. The normalized spacial score (nSPS) is 11.8. The van der Waals surface area contributed by atoms with Gasteiger partial charge in [-0.25, -0.2) is 8.42 Å². The topological polar surface area (TPSA) is 96.0 Å². The number of halogens is 2. The highest BCUT2D eigenvalue weighted by molar-refractivity contribution is 7.92. The highest BCUT2D eigenvalue weighted by Gasteiger charge is 2.34. The first-order valence-corrected chi connectivity index (χ1v) is 15.5. The van der Waals surface area contributed by atoms with Crippen LogP contribution in [0, 0.1) is 0 Å². The number of nitrogens with one attached hydrogen (secondary N) is 1. The van der Waals surface area contributed by atoms with E-state index in [0.717, 1.165) is 9.87 Å². The van der Waals surface area contributed by atoms with Gasteiger partial charge in [0.25, 0.3) is 10.0 Å². The molecule has 0 bridgehead atoms. The molecule has 0 aliphatic carbocycles. The molecule has 1 atom stereocenters. The summed E-state index contributed by atoms with van der Waals surface area (Å²) in [6.07, 6.45) is 0.206. The molecule has 0 saturated carbocycles. The Hall–Kier alpha value is -4.05. The quantitative estimate of drug-likeness (QED) is 0.218. The predicted molar refractivity (Wildman–Crippen MR) is 169 cm³/mol. The number of sulfonamides is 1. The van der Waals surface area contributed by atoms with Crippen molar-refractivity contribution in [2.75, 3.05) is 25.0 Å². The van der Waals surface area contributed by atoms with E-state index in [0.29, 0.717) is 21.4 Å². The first-order valence-electron chi connectivity index (χ1n) is 13.3. The van der Waals surface area contributed by atoms with Crippen LogP contribution in [0.3, 0.4) is 0 Å². The summed E-state index contributed by atoms with van der Waals surface area (Å²) in [5.74, 6) is -0.407. The molecule has 43 heavy (non-hydrogen) atoms. The zero-order valence-electron chi connectivity index (χ0n) is 23.6. The summed E-state index contributed by atoms with van der Waals surface area (Å²) in [7, 11) is -1.23. The van der Waals surface area contributed by atoms with E-state index in [9.17, 15) is 18.0 Å². The summed E-state index contributed by atoms with van der Waals surface area (Å²) in [6, 6.07) is 27.4. The number of hydrogen-bond acceptors (Lipinski definition) is 5. The van der Waals surface area contributed by atoms with Gasteiger partial charge in [0, 0.05) is 30.1 Å². The molecule has 4 aromatic carbocycles. The fourth-order valence-corrected chi connectivity index (χ4v) is 6.30. The number of ether oxygens (including phenoxy) is 1. The van der Waals surface area contributed by atoms with E-state index in [2.05, 4.69) is 5.32 Å². The van der Waals surface area contributed by atoms with Crippen LogP contribution in [0.5, 0.6) is 5.75 Å². The lowest BCUT2D eigenvalue weighted by Gasteiger charge is -2.33. The molecule has 1 N–H and O–H groups in total. The van der Waals surface area contributed by atoms with Crippen LogP contribution in [0.1, 0.15) is 11.1 Å². The summed E-state index contributed by atoms with van der Waals surface area (Å²) < 4.78 is 34.3. The third-order valence-electron chi connectivity index (χ3n) is 6.78. The van der Waals surface area contributed by atoms with Gasteiger partial charge in [0.15, 0.2) is 0 Å². The third kappa shape index (κ3) is 8.07. The van der Waals surface area contributed by atoms with Crippen molar-refractivity contribution in [3.05, 3.63) is 124 Å². The predicted octanol–water partition coefficient (Wildman–Crippen LogP) is 5.58. The van der Waals surface area contributed by atoms with E-state index in [4.69, 9.17) is 27.9 Å². The summed E-state index contributed by atoms with van der Waals surface area (Å²) in [5, 5.41) is 3.32. The Labute approximate surface area is 261 Å². The van der Waals surface area contributed by atoms with Crippen molar-refractivity contribution < 1.29 is 22.7 Å². The average molecular weight is 641 g/mol. The van der Waals surface area contributed by atoms with E-state index in [1.54, 1.807) is 36.4 Å². The molecule has 0 radical (unpaired) electrons. The first-order chi connectivity index (χ1) is 20.6. The second-order valence-corrected chi connectivity index (χ2v) is 12.4. The molecule has 0 aliphatic heterocycles. The van der Waals surface area contributed by atoms with Gasteiger partial charge in [-0.15, -0.1) is 0 Å². The molecule has 0 aliphatic rings. The largest absolute Gasteiger partial charge is 0.497 e. The van der Waals surface area contributed by atoms with Crippen LogP contribution in [0.2, 0.25) is 10.0 Å². The van der Waals surface area contributed by atoms with Crippen molar-refractivity contribution in [3.63, 3.8) is 0 Å². The second-order valence-electron chi connectivity index (χ2n) is 9.64. The summed E-state index contributed by atoms with van der Waals surface area (Å²) >= 11 is 12.3. The standard InChI is InChI=1S/C32H31Cl2N3O5S/c1-35-32(39)30(19-23-8-4-3-5-9-23)36(21-24-10-6-13-28(18-24)42-2)31(38)22-37(27-12-7-11-26(34)20-27)43(40,41)29-16-14-25(33)15-17-29/h3-18,20,30H,19,21-22H2,1-2H3,(H,35,39)/t30-/m1/s1. The summed E-state index contributed by atoms with van der Waals surface area (Å²) in [5.41, 5.74) is 1.72. The zero-order chi connectivity index (χ0) is 31.0. The number of carbonyl (C=O) groups is 2. The minimum atomic E-state index is -4.26. The highest BCUT2D eigenvalue weighted by Crippen LogP contribution is 2.28. The molecule has 8 nitrogen and oxygen atoms in total. The molecule has 0 unspecified atom stereocenters. The van der Waals surface area contributed by atoms with Gasteiger partial charge < -0.3 is 15.0 Å². The lowest BCUT2D eigenvalue weighted by molar-refractivity contribution is -0.139. The van der Waals surface area contributed by atoms with Crippen LogP contribution >= 0.6 is 23.2 Å². The van der Waals surface area contributed by atoms with E-state index in [1.165, 1.54) is 49.4 Å². The van der Waals surface area contributed by atoms with Crippen LogP contribution in [0.25, 0.3) is 0 Å². The molecule has 2 amide bonds. The maximum absolute atomic E-state index is 14.3. The molecule has 0 heterocycles. The molecule has 0 aromatic heterocycles. The zero-order valence-corrected chi connectivity index (χ0v) is 25.9. The van der Waals surface area contributed by atoms with Gasteiger partial charge >= 0.3 is 0 Å². The molecular formula is C32H31Cl2N3O5S. The van der Waals surface area contributed by atoms with Crippen molar-refractivity contribution >= 4 is 50.7 Å². The number of anilines is 1. The van der Waals surface area contributed by atoms with Crippen LogP contribution in [-0.4, -0.2) is 51.9 Å². The van der Waals surface area contributed by atoms with Crippen molar-refractivity contribution in [3.8, 4) is 5.75 Å². The van der Waals surface area contributed by atoms with Crippen molar-refractivity contribution in [1.29, 1.82) is 0 Å².